The molecule has 16 heavy (non-hydrogen) atoms. The van der Waals surface area contributed by atoms with Gasteiger partial charge in [-0.2, -0.15) is 0 Å². The number of nitrogens with one attached hydrogen (secondary N) is 1. The highest BCUT2D eigenvalue weighted by Gasteiger charge is 2.29. The number of halogens is 1. The van der Waals surface area contributed by atoms with E-state index in [1.165, 1.54) is 41.6 Å². The highest BCUT2D eigenvalue weighted by atomic mass is 127. The maximum Gasteiger partial charge on any atom is 0.0367 e. The second-order valence-electron chi connectivity index (χ2n) is 4.85. The molecule has 3 heteroatoms. The van der Waals surface area contributed by atoms with Crippen LogP contribution in [0.3, 0.4) is 0 Å². The van der Waals surface area contributed by atoms with Crippen molar-refractivity contribution in [3.8, 4) is 0 Å². The van der Waals surface area contributed by atoms with E-state index < -0.39 is 0 Å². The van der Waals surface area contributed by atoms with Gasteiger partial charge < -0.3 is 10.2 Å². The van der Waals surface area contributed by atoms with Crippen LogP contribution in [0.25, 0.3) is 0 Å². The second kappa shape index (κ2) is 4.53. The molecule has 1 unspecified atom stereocenters. The maximum absolute atomic E-state index is 3.72. The summed E-state index contributed by atoms with van der Waals surface area (Å²) >= 11 is 2.36. The lowest BCUT2D eigenvalue weighted by Gasteiger charge is -2.19. The van der Waals surface area contributed by atoms with Crippen LogP contribution in [0.5, 0.6) is 0 Å². The highest BCUT2D eigenvalue weighted by Crippen LogP contribution is 2.25. The Morgan fingerprint density at radius 1 is 1.06 bits per heavy atom. The number of rotatable bonds is 3. The van der Waals surface area contributed by atoms with Crippen molar-refractivity contribution in [1.82, 2.24) is 5.32 Å². The van der Waals surface area contributed by atoms with Gasteiger partial charge in [-0.15, -0.1) is 0 Å². The van der Waals surface area contributed by atoms with E-state index in [0.29, 0.717) is 6.04 Å². The van der Waals surface area contributed by atoms with Crippen molar-refractivity contribution >= 4 is 28.3 Å². The van der Waals surface area contributed by atoms with Crippen LogP contribution in [-0.2, 0) is 0 Å². The fourth-order valence-corrected chi connectivity index (χ4v) is 2.73. The number of hydrogen-bond donors (Lipinski definition) is 1. The molecule has 1 atom stereocenters. The van der Waals surface area contributed by atoms with Crippen molar-refractivity contribution in [3.63, 3.8) is 0 Å². The average Bonchev–Trinajstić information content (AvgIpc) is 2.97. The summed E-state index contributed by atoms with van der Waals surface area (Å²) in [4.78, 5) is 2.50. The zero-order valence-electron chi connectivity index (χ0n) is 9.32. The molecule has 86 valence electrons. The minimum atomic E-state index is 0.715. The Bertz CT molecular complexity index is 359. The van der Waals surface area contributed by atoms with Gasteiger partial charge >= 0.3 is 0 Å². The zero-order chi connectivity index (χ0) is 11.0. The molecule has 0 aromatic heterocycles. The predicted octanol–water partition coefficient (Wildman–Crippen LogP) is 2.62. The molecule has 1 saturated heterocycles. The summed E-state index contributed by atoms with van der Waals surface area (Å²) in [6.45, 7) is 2.38. The van der Waals surface area contributed by atoms with Crippen LogP contribution in [0.1, 0.15) is 19.3 Å². The van der Waals surface area contributed by atoms with Gasteiger partial charge in [-0.05, 0) is 66.1 Å². The molecule has 0 amide bonds. The molecule has 3 rings (SSSR count). The molecule has 1 saturated carbocycles. The van der Waals surface area contributed by atoms with E-state index in [2.05, 4.69) is 57.1 Å². The number of anilines is 1. The molecular formula is C13H17IN2. The first kappa shape index (κ1) is 10.8. The first-order valence-electron chi connectivity index (χ1n) is 6.08. The van der Waals surface area contributed by atoms with E-state index in [1.807, 2.05) is 0 Å². The van der Waals surface area contributed by atoms with Crippen LogP contribution in [0.2, 0.25) is 0 Å². The predicted molar refractivity (Wildman–Crippen MR) is 75.9 cm³/mol. The Morgan fingerprint density at radius 3 is 2.50 bits per heavy atom. The normalized spacial score (nSPS) is 25.1. The lowest BCUT2D eigenvalue weighted by Crippen LogP contribution is -2.33. The van der Waals surface area contributed by atoms with E-state index in [9.17, 15) is 0 Å². The van der Waals surface area contributed by atoms with Gasteiger partial charge in [0.25, 0.3) is 0 Å². The monoisotopic (exact) mass is 328 g/mol. The van der Waals surface area contributed by atoms with E-state index in [-0.39, 0.29) is 0 Å². The van der Waals surface area contributed by atoms with Crippen molar-refractivity contribution in [3.05, 3.63) is 27.8 Å². The standard InChI is InChI=1S/C13H17IN2/c14-10-1-5-13(6-2-10)16-8-7-12(9-16)15-11-3-4-11/h1-2,5-6,11-12,15H,3-4,7-9H2. The number of nitrogens with zero attached hydrogens (tertiary/aromatic N) is 1. The Balaban J connectivity index is 1.61. The molecule has 1 N–H and O–H groups in total. The van der Waals surface area contributed by atoms with Crippen molar-refractivity contribution in [2.45, 2.75) is 31.3 Å². The Hall–Kier alpha value is -0.290. The fraction of sp³-hybridized carbons (Fsp3) is 0.538. The van der Waals surface area contributed by atoms with Crippen LogP contribution in [0, 0.1) is 3.57 Å². The molecule has 2 fully saturated rings. The molecule has 0 spiro atoms. The Morgan fingerprint density at radius 2 is 1.81 bits per heavy atom. The second-order valence-corrected chi connectivity index (χ2v) is 6.09. The zero-order valence-corrected chi connectivity index (χ0v) is 11.5. The summed E-state index contributed by atoms with van der Waals surface area (Å²) in [7, 11) is 0. The van der Waals surface area contributed by atoms with Crippen molar-refractivity contribution in [1.29, 1.82) is 0 Å². The molecule has 1 aromatic rings. The topological polar surface area (TPSA) is 15.3 Å². The van der Waals surface area contributed by atoms with Crippen molar-refractivity contribution < 1.29 is 0 Å². The van der Waals surface area contributed by atoms with Gasteiger partial charge in [0.1, 0.15) is 0 Å². The third-order valence-corrected chi connectivity index (χ3v) is 4.15. The van der Waals surface area contributed by atoms with Gasteiger partial charge in [0.05, 0.1) is 0 Å². The van der Waals surface area contributed by atoms with Gasteiger partial charge in [0.15, 0.2) is 0 Å². The first-order chi connectivity index (χ1) is 7.81. The summed E-state index contributed by atoms with van der Waals surface area (Å²) < 4.78 is 1.31. The molecule has 2 aliphatic rings. The minimum Gasteiger partial charge on any atom is -0.370 e. The van der Waals surface area contributed by atoms with Gasteiger partial charge in [0.2, 0.25) is 0 Å². The fourth-order valence-electron chi connectivity index (χ4n) is 2.37. The summed E-state index contributed by atoms with van der Waals surface area (Å²) in [5.74, 6) is 0. The van der Waals surface area contributed by atoms with Crippen LogP contribution in [0.4, 0.5) is 5.69 Å². The van der Waals surface area contributed by atoms with Crippen LogP contribution in [0.15, 0.2) is 24.3 Å². The third-order valence-electron chi connectivity index (χ3n) is 3.43. The van der Waals surface area contributed by atoms with Gasteiger partial charge in [-0.3, -0.25) is 0 Å². The Labute approximate surface area is 111 Å². The van der Waals surface area contributed by atoms with Crippen molar-refractivity contribution in [2.24, 2.45) is 0 Å². The summed E-state index contributed by atoms with van der Waals surface area (Å²) in [6.07, 6.45) is 4.07. The first-order valence-corrected chi connectivity index (χ1v) is 7.16. The number of benzene rings is 1. The summed E-state index contributed by atoms with van der Waals surface area (Å²) in [5.41, 5.74) is 1.38. The van der Waals surface area contributed by atoms with E-state index in [0.717, 1.165) is 6.04 Å². The van der Waals surface area contributed by atoms with Crippen LogP contribution < -0.4 is 10.2 Å². The van der Waals surface area contributed by atoms with Gasteiger partial charge in [-0.1, -0.05) is 0 Å². The van der Waals surface area contributed by atoms with Crippen LogP contribution >= 0.6 is 22.6 Å². The summed E-state index contributed by atoms with van der Waals surface area (Å²) in [6, 6.07) is 10.4. The molecule has 1 aliphatic heterocycles. The third kappa shape index (κ3) is 2.51. The van der Waals surface area contributed by atoms with Crippen molar-refractivity contribution in [2.75, 3.05) is 18.0 Å². The molecule has 1 aliphatic carbocycles. The SMILES string of the molecule is Ic1ccc(N2CCC(NC3CC3)C2)cc1. The highest BCUT2D eigenvalue weighted by molar-refractivity contribution is 14.1. The summed E-state index contributed by atoms with van der Waals surface area (Å²) in [5, 5.41) is 3.72. The average molecular weight is 328 g/mol. The largest absolute Gasteiger partial charge is 0.370 e. The lowest BCUT2D eigenvalue weighted by molar-refractivity contribution is 0.548. The van der Waals surface area contributed by atoms with E-state index in [1.54, 1.807) is 0 Å². The molecular weight excluding hydrogens is 311 g/mol. The molecule has 0 bridgehead atoms. The van der Waals surface area contributed by atoms with Crippen LogP contribution in [-0.4, -0.2) is 25.2 Å². The maximum atomic E-state index is 3.72. The minimum absolute atomic E-state index is 0.715. The van der Waals surface area contributed by atoms with Gasteiger partial charge in [0, 0.05) is 34.4 Å². The van der Waals surface area contributed by atoms with Gasteiger partial charge in [-0.25, -0.2) is 0 Å². The van der Waals surface area contributed by atoms with E-state index >= 15 is 0 Å². The molecule has 1 heterocycles. The quantitative estimate of drug-likeness (QED) is 0.858. The molecule has 0 radical (unpaired) electrons. The Kier molecular flexibility index (Phi) is 3.07. The lowest BCUT2D eigenvalue weighted by atomic mass is 10.2. The molecule has 1 aromatic carbocycles. The molecule has 2 nitrogen and oxygen atoms in total. The smallest absolute Gasteiger partial charge is 0.0367 e. The van der Waals surface area contributed by atoms with E-state index in [4.69, 9.17) is 0 Å². The number of hydrogen-bond acceptors (Lipinski definition) is 2.